The fourth-order valence-electron chi connectivity index (χ4n) is 3.09. The average Bonchev–Trinajstić information content (AvgIpc) is 2.85. The summed E-state index contributed by atoms with van der Waals surface area (Å²) in [5, 5.41) is 5.89. The largest absolute Gasteiger partial charge is 0.451 e. The van der Waals surface area contributed by atoms with E-state index in [1.807, 2.05) is 30.3 Å². The van der Waals surface area contributed by atoms with Gasteiger partial charge in [-0.1, -0.05) is 53.9 Å². The maximum absolute atomic E-state index is 14.3. The van der Waals surface area contributed by atoms with Crippen LogP contribution in [-0.2, 0) is 20.9 Å². The van der Waals surface area contributed by atoms with Gasteiger partial charge in [0.2, 0.25) is 6.41 Å². The highest BCUT2D eigenvalue weighted by atomic mass is 35.5. The molecule has 34 heavy (non-hydrogen) atoms. The number of carbonyl (C=O) groups is 2. The van der Waals surface area contributed by atoms with Crippen LogP contribution >= 0.6 is 11.6 Å². The van der Waals surface area contributed by atoms with Gasteiger partial charge in [-0.25, -0.2) is 19.2 Å². The van der Waals surface area contributed by atoms with Crippen molar-refractivity contribution < 1.29 is 18.7 Å². The summed E-state index contributed by atoms with van der Waals surface area (Å²) in [5.74, 6) is 4.07. The number of hydrogen-bond donors (Lipinski definition) is 2. The number of anilines is 3. The van der Waals surface area contributed by atoms with Gasteiger partial charge in [-0.15, -0.1) is 0 Å². The average molecular weight is 475 g/mol. The van der Waals surface area contributed by atoms with E-state index in [0.717, 1.165) is 5.56 Å². The van der Waals surface area contributed by atoms with Gasteiger partial charge >= 0.3 is 5.97 Å². The highest BCUT2D eigenvalue weighted by Gasteiger charge is 2.12. The van der Waals surface area contributed by atoms with Crippen LogP contribution < -0.4 is 10.6 Å². The molecule has 3 aromatic carbocycles. The molecule has 2 N–H and O–H groups in total. The number of carbonyl (C=O) groups excluding carboxylic acids is 2. The third-order valence-corrected chi connectivity index (χ3v) is 5.00. The lowest BCUT2D eigenvalue weighted by molar-refractivity contribution is -0.137. The van der Waals surface area contributed by atoms with Crippen molar-refractivity contribution in [2.45, 2.75) is 6.61 Å². The zero-order valence-corrected chi connectivity index (χ0v) is 18.3. The number of nitrogens with zero attached hydrogens (tertiary/aromatic N) is 2. The molecule has 1 heterocycles. The summed E-state index contributed by atoms with van der Waals surface area (Å²) in [4.78, 5) is 31.6. The summed E-state index contributed by atoms with van der Waals surface area (Å²) in [7, 11) is 0. The van der Waals surface area contributed by atoms with E-state index < -0.39 is 11.8 Å². The van der Waals surface area contributed by atoms with Crippen molar-refractivity contribution in [3.05, 3.63) is 89.0 Å². The molecule has 1 amide bonds. The summed E-state index contributed by atoms with van der Waals surface area (Å²) < 4.78 is 19.5. The van der Waals surface area contributed by atoms with Gasteiger partial charge in [0.15, 0.2) is 5.82 Å². The Morgan fingerprint density at radius 2 is 1.91 bits per heavy atom. The summed E-state index contributed by atoms with van der Waals surface area (Å²) in [6, 6.07) is 16.9. The van der Waals surface area contributed by atoms with Crippen LogP contribution in [0.3, 0.4) is 0 Å². The van der Waals surface area contributed by atoms with E-state index >= 15 is 0 Å². The van der Waals surface area contributed by atoms with E-state index in [4.69, 9.17) is 16.3 Å². The van der Waals surface area contributed by atoms with Crippen molar-refractivity contribution in [3.8, 4) is 11.8 Å². The number of esters is 1. The van der Waals surface area contributed by atoms with Gasteiger partial charge in [0.1, 0.15) is 18.8 Å². The molecule has 4 aromatic rings. The van der Waals surface area contributed by atoms with Crippen molar-refractivity contribution in [3.63, 3.8) is 0 Å². The van der Waals surface area contributed by atoms with Crippen LogP contribution in [-0.4, -0.2) is 22.3 Å². The van der Waals surface area contributed by atoms with Gasteiger partial charge in [-0.2, -0.15) is 0 Å². The van der Waals surface area contributed by atoms with Gasteiger partial charge < -0.3 is 15.4 Å². The molecule has 0 radical (unpaired) electrons. The Balaban J connectivity index is 1.63. The Morgan fingerprint density at radius 3 is 2.71 bits per heavy atom. The number of amides is 1. The second kappa shape index (κ2) is 10.4. The highest BCUT2D eigenvalue weighted by Crippen LogP contribution is 2.30. The molecule has 9 heteroatoms. The topological polar surface area (TPSA) is 93.2 Å². The third-order valence-electron chi connectivity index (χ3n) is 4.71. The molecule has 0 saturated heterocycles. The summed E-state index contributed by atoms with van der Waals surface area (Å²) in [6.07, 6.45) is 1.78. The molecule has 0 fully saturated rings. The summed E-state index contributed by atoms with van der Waals surface area (Å²) >= 11 is 5.85. The van der Waals surface area contributed by atoms with Crippen molar-refractivity contribution >= 4 is 52.1 Å². The molecular formula is C25H16ClFN4O3. The van der Waals surface area contributed by atoms with Crippen LogP contribution in [0.25, 0.3) is 10.9 Å². The molecule has 168 valence electrons. The van der Waals surface area contributed by atoms with Crippen LogP contribution in [0.15, 0.2) is 67.0 Å². The maximum Gasteiger partial charge on any atom is 0.385 e. The SMILES string of the molecule is O=CNc1cc2c(Nc3cccc(Cl)c3F)ncnc2cc1C#CC(=O)OCc1ccccc1. The number of ether oxygens (including phenoxy) is 1. The van der Waals surface area contributed by atoms with Crippen molar-refractivity contribution in [2.75, 3.05) is 10.6 Å². The molecule has 0 saturated carbocycles. The van der Waals surface area contributed by atoms with E-state index in [9.17, 15) is 14.0 Å². The predicted molar refractivity (Wildman–Crippen MR) is 127 cm³/mol. The molecule has 0 bridgehead atoms. The number of benzene rings is 3. The Hall–Kier alpha value is -4.48. The van der Waals surface area contributed by atoms with E-state index in [-0.39, 0.29) is 17.3 Å². The minimum absolute atomic E-state index is 0.0385. The first-order valence-corrected chi connectivity index (χ1v) is 10.4. The van der Waals surface area contributed by atoms with E-state index in [1.54, 1.807) is 18.2 Å². The van der Waals surface area contributed by atoms with Crippen molar-refractivity contribution in [2.24, 2.45) is 0 Å². The monoisotopic (exact) mass is 474 g/mol. The van der Waals surface area contributed by atoms with Crippen molar-refractivity contribution in [1.82, 2.24) is 9.97 Å². The minimum atomic E-state index is -0.720. The molecule has 0 spiro atoms. The molecule has 0 unspecified atom stereocenters. The Labute approximate surface area is 198 Å². The molecule has 0 aliphatic carbocycles. The molecule has 0 atom stereocenters. The number of aromatic nitrogens is 2. The van der Waals surface area contributed by atoms with Crippen LogP contribution in [0, 0.1) is 17.7 Å². The van der Waals surface area contributed by atoms with Gasteiger partial charge in [0.25, 0.3) is 0 Å². The summed E-state index contributed by atoms with van der Waals surface area (Å²) in [5.41, 5.74) is 2.07. The predicted octanol–water partition coefficient (Wildman–Crippen LogP) is 4.83. The van der Waals surface area contributed by atoms with Crippen LogP contribution in [0.2, 0.25) is 5.02 Å². The molecule has 1 aromatic heterocycles. The second-order valence-electron chi connectivity index (χ2n) is 6.94. The first-order valence-electron chi connectivity index (χ1n) is 9.98. The van der Waals surface area contributed by atoms with Gasteiger partial charge in [0, 0.05) is 11.3 Å². The Morgan fingerprint density at radius 1 is 1.09 bits per heavy atom. The van der Waals surface area contributed by atoms with Gasteiger partial charge in [0.05, 0.1) is 27.5 Å². The molecular weight excluding hydrogens is 459 g/mol. The van der Waals surface area contributed by atoms with Crippen LogP contribution in [0.4, 0.5) is 21.6 Å². The lowest BCUT2D eigenvalue weighted by atomic mass is 10.1. The highest BCUT2D eigenvalue weighted by molar-refractivity contribution is 6.31. The molecule has 0 aliphatic heterocycles. The minimum Gasteiger partial charge on any atom is -0.451 e. The van der Waals surface area contributed by atoms with E-state index in [2.05, 4.69) is 32.4 Å². The normalized spacial score (nSPS) is 10.2. The summed E-state index contributed by atoms with van der Waals surface area (Å²) in [6.45, 7) is 0.0911. The number of rotatable bonds is 6. The van der Waals surface area contributed by atoms with E-state index in [0.29, 0.717) is 34.4 Å². The van der Waals surface area contributed by atoms with Crippen LogP contribution in [0.5, 0.6) is 0 Å². The fraction of sp³-hybridized carbons (Fsp3) is 0.0400. The quantitative estimate of drug-likeness (QED) is 0.236. The number of hydrogen-bond acceptors (Lipinski definition) is 6. The standard InChI is InChI=1S/C25H16ClFN4O3/c26-19-7-4-8-20(24(19)27)31-25-18-12-21(30-15-32)17(11-22(18)28-14-29-25)9-10-23(33)34-13-16-5-2-1-3-6-16/h1-8,11-12,14-15H,13H2,(H,30,32)(H,28,29,31). The fourth-order valence-corrected chi connectivity index (χ4v) is 3.27. The smallest absolute Gasteiger partial charge is 0.385 e. The number of fused-ring (bicyclic) bond motifs is 1. The zero-order chi connectivity index (χ0) is 23.9. The Bertz CT molecular complexity index is 1440. The van der Waals surface area contributed by atoms with Crippen LogP contribution in [0.1, 0.15) is 11.1 Å². The number of halogens is 2. The van der Waals surface area contributed by atoms with Gasteiger partial charge in [-0.05, 0) is 29.8 Å². The first-order chi connectivity index (χ1) is 16.5. The second-order valence-corrected chi connectivity index (χ2v) is 7.34. The third kappa shape index (κ3) is 5.28. The Kier molecular flexibility index (Phi) is 6.96. The molecule has 0 aliphatic rings. The zero-order valence-electron chi connectivity index (χ0n) is 17.5. The molecule has 7 nitrogen and oxygen atoms in total. The first kappa shape index (κ1) is 22.7. The maximum atomic E-state index is 14.3. The lowest BCUT2D eigenvalue weighted by Gasteiger charge is -2.12. The number of nitrogens with one attached hydrogen (secondary N) is 2. The lowest BCUT2D eigenvalue weighted by Crippen LogP contribution is -2.03. The molecule has 4 rings (SSSR count). The van der Waals surface area contributed by atoms with Gasteiger partial charge in [-0.3, -0.25) is 4.79 Å². The van der Waals surface area contributed by atoms with Crippen molar-refractivity contribution in [1.29, 1.82) is 0 Å². The van der Waals surface area contributed by atoms with E-state index in [1.165, 1.54) is 18.5 Å².